The van der Waals surface area contributed by atoms with Crippen molar-refractivity contribution in [2.45, 2.75) is 20.5 Å². The molecular formula is C34H28BrCl2N3O3. The Bertz CT molecular complexity index is 1770. The molecule has 4 aromatic carbocycles. The molecule has 0 saturated carbocycles. The predicted molar refractivity (Wildman–Crippen MR) is 177 cm³/mol. The number of ether oxygens (including phenoxy) is 2. The largest absolute Gasteiger partial charge is 0.490 e. The van der Waals surface area contributed by atoms with E-state index in [1.807, 2.05) is 43.3 Å². The second-order valence-electron chi connectivity index (χ2n) is 9.60. The van der Waals surface area contributed by atoms with Gasteiger partial charge in [0.25, 0.3) is 5.91 Å². The lowest BCUT2D eigenvalue weighted by molar-refractivity contribution is 0.0955. The van der Waals surface area contributed by atoms with E-state index >= 15 is 0 Å². The Hall–Kier alpha value is -4.04. The quantitative estimate of drug-likeness (QED) is 0.118. The minimum absolute atomic E-state index is 0.281. The SMILES string of the molecule is CCOc1cc(/C=N/NC(=O)c2ccc(-n3c(C)ccc3-c3ccccc3)cc2)c(Br)cc1OCc1ccc(Cl)c(Cl)c1. The van der Waals surface area contributed by atoms with Crippen LogP contribution in [0.5, 0.6) is 11.5 Å². The van der Waals surface area contributed by atoms with Crippen LogP contribution in [0.15, 0.2) is 107 Å². The zero-order valence-electron chi connectivity index (χ0n) is 23.5. The molecule has 0 unspecified atom stereocenters. The van der Waals surface area contributed by atoms with Gasteiger partial charge in [-0.15, -0.1) is 0 Å². The van der Waals surface area contributed by atoms with Crippen LogP contribution in [0.2, 0.25) is 10.0 Å². The number of hydrogen-bond acceptors (Lipinski definition) is 4. The first-order valence-electron chi connectivity index (χ1n) is 13.5. The molecule has 9 heteroatoms. The van der Waals surface area contributed by atoms with E-state index in [1.54, 1.807) is 42.6 Å². The molecule has 0 bridgehead atoms. The molecule has 5 rings (SSSR count). The number of carbonyl (C=O) groups excluding carboxylic acids is 1. The molecule has 5 aromatic rings. The summed E-state index contributed by atoms with van der Waals surface area (Å²) in [6, 6.07) is 30.8. The van der Waals surface area contributed by atoms with Crippen molar-refractivity contribution < 1.29 is 14.3 Å². The lowest BCUT2D eigenvalue weighted by Gasteiger charge is -2.14. The summed E-state index contributed by atoms with van der Waals surface area (Å²) < 4.78 is 14.7. The molecular weight excluding hydrogens is 649 g/mol. The highest BCUT2D eigenvalue weighted by Gasteiger charge is 2.13. The van der Waals surface area contributed by atoms with Crippen LogP contribution in [0.1, 0.15) is 34.1 Å². The summed E-state index contributed by atoms with van der Waals surface area (Å²) in [5.41, 5.74) is 8.95. The summed E-state index contributed by atoms with van der Waals surface area (Å²) >= 11 is 15.7. The molecule has 0 fully saturated rings. The highest BCUT2D eigenvalue weighted by molar-refractivity contribution is 9.10. The zero-order chi connectivity index (χ0) is 30.3. The van der Waals surface area contributed by atoms with Crippen molar-refractivity contribution in [3.8, 4) is 28.4 Å². The maximum Gasteiger partial charge on any atom is 0.271 e. The second kappa shape index (κ2) is 14.0. The van der Waals surface area contributed by atoms with Gasteiger partial charge in [-0.3, -0.25) is 4.79 Å². The molecule has 0 radical (unpaired) electrons. The summed E-state index contributed by atoms with van der Waals surface area (Å²) in [4.78, 5) is 12.9. The number of nitrogens with zero attached hydrogens (tertiary/aromatic N) is 2. The molecule has 6 nitrogen and oxygen atoms in total. The lowest BCUT2D eigenvalue weighted by atomic mass is 10.1. The highest BCUT2D eigenvalue weighted by atomic mass is 79.9. The molecule has 43 heavy (non-hydrogen) atoms. The third kappa shape index (κ3) is 7.31. The maximum atomic E-state index is 12.9. The van der Waals surface area contributed by atoms with Crippen LogP contribution in [0, 0.1) is 6.92 Å². The minimum atomic E-state index is -0.321. The Morgan fingerprint density at radius 1 is 0.907 bits per heavy atom. The fourth-order valence-corrected chi connectivity index (χ4v) is 5.27. The number of hydrogen-bond donors (Lipinski definition) is 1. The van der Waals surface area contributed by atoms with Gasteiger partial charge in [0.15, 0.2) is 11.5 Å². The first kappa shape index (κ1) is 30.4. The van der Waals surface area contributed by atoms with Gasteiger partial charge in [0.2, 0.25) is 0 Å². The van der Waals surface area contributed by atoms with Crippen LogP contribution in [0.4, 0.5) is 0 Å². The molecule has 1 N–H and O–H groups in total. The number of hydrazone groups is 1. The van der Waals surface area contributed by atoms with Crippen LogP contribution >= 0.6 is 39.1 Å². The molecule has 1 heterocycles. The third-order valence-corrected chi connectivity index (χ3v) is 8.07. The Morgan fingerprint density at radius 2 is 1.65 bits per heavy atom. The number of carbonyl (C=O) groups is 1. The summed E-state index contributed by atoms with van der Waals surface area (Å²) in [7, 11) is 0. The maximum absolute atomic E-state index is 12.9. The van der Waals surface area contributed by atoms with Crippen molar-refractivity contribution in [2.75, 3.05) is 6.61 Å². The predicted octanol–water partition coefficient (Wildman–Crippen LogP) is 9.26. The Balaban J connectivity index is 1.26. The number of benzene rings is 4. The van der Waals surface area contributed by atoms with Crippen molar-refractivity contribution in [3.63, 3.8) is 0 Å². The van der Waals surface area contributed by atoms with E-state index in [2.05, 4.69) is 62.2 Å². The zero-order valence-corrected chi connectivity index (χ0v) is 26.6. The molecule has 0 aliphatic carbocycles. The lowest BCUT2D eigenvalue weighted by Crippen LogP contribution is -2.17. The fraction of sp³-hybridized carbons (Fsp3) is 0.118. The summed E-state index contributed by atoms with van der Waals surface area (Å²) in [6.07, 6.45) is 1.55. The monoisotopic (exact) mass is 675 g/mol. The first-order chi connectivity index (χ1) is 20.8. The van der Waals surface area contributed by atoms with Gasteiger partial charge in [-0.2, -0.15) is 5.10 Å². The highest BCUT2D eigenvalue weighted by Crippen LogP contribution is 2.34. The van der Waals surface area contributed by atoms with Gasteiger partial charge in [0.1, 0.15) is 6.61 Å². The van der Waals surface area contributed by atoms with E-state index < -0.39 is 0 Å². The number of rotatable bonds is 10. The number of aryl methyl sites for hydroxylation is 1. The Kier molecular flexibility index (Phi) is 9.87. The number of amides is 1. The van der Waals surface area contributed by atoms with Crippen molar-refractivity contribution in [1.82, 2.24) is 9.99 Å². The molecule has 218 valence electrons. The van der Waals surface area contributed by atoms with E-state index in [1.165, 1.54) is 0 Å². The molecule has 0 saturated heterocycles. The van der Waals surface area contributed by atoms with Crippen LogP contribution in [-0.2, 0) is 6.61 Å². The smallest absolute Gasteiger partial charge is 0.271 e. The van der Waals surface area contributed by atoms with E-state index in [0.29, 0.717) is 39.3 Å². The van der Waals surface area contributed by atoms with Crippen molar-refractivity contribution >= 4 is 51.3 Å². The van der Waals surface area contributed by atoms with Gasteiger partial charge in [-0.05, 0) is 102 Å². The van der Waals surface area contributed by atoms with Crippen molar-refractivity contribution in [3.05, 3.63) is 134 Å². The molecule has 1 aromatic heterocycles. The minimum Gasteiger partial charge on any atom is -0.490 e. The standard InChI is InChI=1S/C34H28BrCl2N3O3/c1-3-42-32-18-26(28(35)19-33(32)43-21-23-10-15-29(36)30(37)17-23)20-38-39-34(41)25-11-13-27(14-12-25)40-22(2)9-16-31(40)24-7-5-4-6-8-24/h4-20H,3,21H2,1-2H3,(H,39,41)/b38-20+. The second-order valence-corrected chi connectivity index (χ2v) is 11.3. The van der Waals surface area contributed by atoms with E-state index in [4.69, 9.17) is 32.7 Å². The number of nitrogens with one attached hydrogen (secondary N) is 1. The normalized spacial score (nSPS) is 11.1. The number of aromatic nitrogens is 1. The topological polar surface area (TPSA) is 64.8 Å². The summed E-state index contributed by atoms with van der Waals surface area (Å²) in [5.74, 6) is 0.775. The third-order valence-electron chi connectivity index (χ3n) is 6.64. The number of halogens is 3. The van der Waals surface area contributed by atoms with Crippen molar-refractivity contribution in [1.29, 1.82) is 0 Å². The van der Waals surface area contributed by atoms with Gasteiger partial charge >= 0.3 is 0 Å². The molecule has 0 atom stereocenters. The average molecular weight is 677 g/mol. The van der Waals surface area contributed by atoms with E-state index in [-0.39, 0.29) is 12.5 Å². The summed E-state index contributed by atoms with van der Waals surface area (Å²) in [6.45, 7) is 4.68. The van der Waals surface area contributed by atoms with Crippen LogP contribution in [0.25, 0.3) is 16.9 Å². The molecule has 1 amide bonds. The summed E-state index contributed by atoms with van der Waals surface area (Å²) in [5, 5.41) is 5.13. The fourth-order valence-electron chi connectivity index (χ4n) is 4.52. The Labute approximate surface area is 269 Å². The van der Waals surface area contributed by atoms with Gasteiger partial charge in [0.05, 0.1) is 28.6 Å². The van der Waals surface area contributed by atoms with Gasteiger partial charge in [-0.1, -0.05) is 59.6 Å². The van der Waals surface area contributed by atoms with Crippen LogP contribution in [-0.4, -0.2) is 23.3 Å². The van der Waals surface area contributed by atoms with E-state index in [0.717, 1.165) is 32.7 Å². The van der Waals surface area contributed by atoms with E-state index in [9.17, 15) is 4.79 Å². The van der Waals surface area contributed by atoms with Gasteiger partial charge in [-0.25, -0.2) is 5.43 Å². The van der Waals surface area contributed by atoms with Crippen LogP contribution in [0.3, 0.4) is 0 Å². The van der Waals surface area contributed by atoms with Gasteiger partial charge in [0, 0.05) is 27.0 Å². The first-order valence-corrected chi connectivity index (χ1v) is 15.1. The average Bonchev–Trinajstić information content (AvgIpc) is 3.41. The van der Waals surface area contributed by atoms with Gasteiger partial charge < -0.3 is 14.0 Å². The van der Waals surface area contributed by atoms with Crippen molar-refractivity contribution in [2.24, 2.45) is 5.10 Å². The molecule has 0 aliphatic rings. The molecule has 0 aliphatic heterocycles. The van der Waals surface area contributed by atoms with Crippen LogP contribution < -0.4 is 14.9 Å². The molecule has 0 spiro atoms. The Morgan fingerprint density at radius 3 is 2.37 bits per heavy atom.